The molecule has 1 aromatic carbocycles. The highest BCUT2D eigenvalue weighted by molar-refractivity contribution is 7.15. The highest BCUT2D eigenvalue weighted by Gasteiger charge is 2.14. The maximum Gasteiger partial charge on any atom is 0.124 e. The van der Waals surface area contributed by atoms with Crippen molar-refractivity contribution in [2.75, 3.05) is 0 Å². The van der Waals surface area contributed by atoms with Crippen LogP contribution in [0.2, 0.25) is 0 Å². The lowest BCUT2D eigenvalue weighted by atomic mass is 10.1. The molecule has 0 amide bonds. The van der Waals surface area contributed by atoms with Gasteiger partial charge in [0.05, 0.1) is 5.69 Å². The van der Waals surface area contributed by atoms with Gasteiger partial charge in [-0.1, -0.05) is 13.8 Å². The number of aromatic nitrogens is 1. The number of benzene rings is 1. The Balaban J connectivity index is 2.50. The number of halogens is 1. The van der Waals surface area contributed by atoms with Crippen LogP contribution < -0.4 is 5.73 Å². The smallest absolute Gasteiger partial charge is 0.124 e. The van der Waals surface area contributed by atoms with Crippen molar-refractivity contribution in [1.82, 2.24) is 4.98 Å². The number of nitrogens with two attached hydrogens (primary N) is 1. The second kappa shape index (κ2) is 5.16. The summed E-state index contributed by atoms with van der Waals surface area (Å²) in [4.78, 5) is 5.69. The number of nitrogens with zero attached hydrogens (tertiary/aromatic N) is 1. The molecule has 0 spiro atoms. The van der Waals surface area contributed by atoms with E-state index in [1.807, 2.05) is 13.0 Å². The van der Waals surface area contributed by atoms with Crippen molar-refractivity contribution in [2.24, 2.45) is 5.73 Å². The van der Waals surface area contributed by atoms with Crippen LogP contribution in [0.15, 0.2) is 18.2 Å². The van der Waals surface area contributed by atoms with Crippen LogP contribution in [0.3, 0.4) is 0 Å². The van der Waals surface area contributed by atoms with E-state index in [-0.39, 0.29) is 5.82 Å². The summed E-state index contributed by atoms with van der Waals surface area (Å²) >= 11 is 1.56. The van der Waals surface area contributed by atoms with Gasteiger partial charge in [-0.3, -0.25) is 0 Å². The Morgan fingerprint density at radius 1 is 1.33 bits per heavy atom. The van der Waals surface area contributed by atoms with Gasteiger partial charge in [-0.25, -0.2) is 9.37 Å². The SMILES string of the molecule is Cc1cc(F)cc(-c2nc(C(C)C)c(CN)s2)c1. The molecule has 0 saturated heterocycles. The van der Waals surface area contributed by atoms with Crippen LogP contribution >= 0.6 is 11.3 Å². The molecule has 2 N–H and O–H groups in total. The molecule has 2 rings (SSSR count). The van der Waals surface area contributed by atoms with Crippen molar-refractivity contribution in [3.05, 3.63) is 40.2 Å². The van der Waals surface area contributed by atoms with Crippen LogP contribution in [0.5, 0.6) is 0 Å². The Labute approximate surface area is 111 Å². The maximum atomic E-state index is 13.4. The van der Waals surface area contributed by atoms with Gasteiger partial charge in [-0.15, -0.1) is 11.3 Å². The summed E-state index contributed by atoms with van der Waals surface area (Å²) < 4.78 is 13.4. The van der Waals surface area contributed by atoms with E-state index in [2.05, 4.69) is 18.8 Å². The molecule has 2 nitrogen and oxygen atoms in total. The molecule has 0 aliphatic rings. The van der Waals surface area contributed by atoms with E-state index in [4.69, 9.17) is 5.73 Å². The van der Waals surface area contributed by atoms with E-state index in [1.54, 1.807) is 11.3 Å². The zero-order valence-electron chi connectivity index (χ0n) is 10.8. The standard InChI is InChI=1S/C14H17FN2S/c1-8(2)13-12(7-16)18-14(17-13)10-4-9(3)5-11(15)6-10/h4-6,8H,7,16H2,1-3H3. The molecule has 0 saturated carbocycles. The summed E-state index contributed by atoms with van der Waals surface area (Å²) in [5.74, 6) is 0.115. The molecule has 96 valence electrons. The molecule has 0 fully saturated rings. The maximum absolute atomic E-state index is 13.4. The minimum atomic E-state index is -0.222. The van der Waals surface area contributed by atoms with Crippen LogP contribution in [0, 0.1) is 12.7 Å². The molecular formula is C14H17FN2S. The first-order valence-corrected chi connectivity index (χ1v) is 6.80. The number of aryl methyl sites for hydroxylation is 1. The Kier molecular flexibility index (Phi) is 3.78. The second-order valence-electron chi connectivity index (χ2n) is 4.70. The van der Waals surface area contributed by atoms with E-state index in [9.17, 15) is 4.39 Å². The topological polar surface area (TPSA) is 38.9 Å². The van der Waals surface area contributed by atoms with Crippen molar-refractivity contribution in [1.29, 1.82) is 0 Å². The van der Waals surface area contributed by atoms with Gasteiger partial charge in [0.15, 0.2) is 0 Å². The minimum Gasteiger partial charge on any atom is -0.326 e. The van der Waals surface area contributed by atoms with Gasteiger partial charge in [-0.05, 0) is 36.6 Å². The average Bonchev–Trinajstić information content (AvgIpc) is 2.71. The first-order chi connectivity index (χ1) is 8.51. The van der Waals surface area contributed by atoms with E-state index in [0.717, 1.165) is 26.7 Å². The summed E-state index contributed by atoms with van der Waals surface area (Å²) in [6.45, 7) is 6.55. The lowest BCUT2D eigenvalue weighted by Gasteiger charge is -2.02. The van der Waals surface area contributed by atoms with Crippen molar-refractivity contribution in [2.45, 2.75) is 33.2 Å². The summed E-state index contributed by atoms with van der Waals surface area (Å²) in [5, 5.41) is 0.849. The summed E-state index contributed by atoms with van der Waals surface area (Å²) in [6, 6.07) is 4.99. The van der Waals surface area contributed by atoms with Crippen LogP contribution in [-0.4, -0.2) is 4.98 Å². The third kappa shape index (κ3) is 2.60. The molecule has 0 atom stereocenters. The van der Waals surface area contributed by atoms with Crippen LogP contribution in [0.25, 0.3) is 10.6 Å². The van der Waals surface area contributed by atoms with Crippen LogP contribution in [-0.2, 0) is 6.54 Å². The Morgan fingerprint density at radius 2 is 2.06 bits per heavy atom. The lowest BCUT2D eigenvalue weighted by molar-refractivity contribution is 0.627. The average molecular weight is 264 g/mol. The third-order valence-electron chi connectivity index (χ3n) is 2.75. The molecule has 0 aliphatic heterocycles. The molecule has 0 unspecified atom stereocenters. The van der Waals surface area contributed by atoms with Gasteiger partial charge >= 0.3 is 0 Å². The monoisotopic (exact) mass is 264 g/mol. The van der Waals surface area contributed by atoms with Crippen molar-refractivity contribution < 1.29 is 4.39 Å². The van der Waals surface area contributed by atoms with Gasteiger partial charge in [-0.2, -0.15) is 0 Å². The molecule has 1 aromatic heterocycles. The van der Waals surface area contributed by atoms with Gasteiger partial charge < -0.3 is 5.73 Å². The molecule has 0 aliphatic carbocycles. The number of hydrogen-bond acceptors (Lipinski definition) is 3. The quantitative estimate of drug-likeness (QED) is 0.914. The second-order valence-corrected chi connectivity index (χ2v) is 5.79. The van der Waals surface area contributed by atoms with E-state index in [0.29, 0.717) is 12.5 Å². The number of thiazole rings is 1. The molecule has 1 heterocycles. The Morgan fingerprint density at radius 3 is 2.56 bits per heavy atom. The first-order valence-electron chi connectivity index (χ1n) is 5.98. The first kappa shape index (κ1) is 13.2. The van der Waals surface area contributed by atoms with Gasteiger partial charge in [0.2, 0.25) is 0 Å². The van der Waals surface area contributed by atoms with Crippen molar-refractivity contribution in [3.8, 4) is 10.6 Å². The largest absolute Gasteiger partial charge is 0.326 e. The van der Waals surface area contributed by atoms with E-state index in [1.165, 1.54) is 12.1 Å². The molecular weight excluding hydrogens is 247 g/mol. The van der Waals surface area contributed by atoms with Crippen LogP contribution in [0.4, 0.5) is 4.39 Å². The lowest BCUT2D eigenvalue weighted by Crippen LogP contribution is -1.99. The Hall–Kier alpha value is -1.26. The minimum absolute atomic E-state index is 0.222. The molecule has 0 radical (unpaired) electrons. The highest BCUT2D eigenvalue weighted by Crippen LogP contribution is 2.32. The highest BCUT2D eigenvalue weighted by atomic mass is 32.1. The predicted octanol–water partition coefficient (Wildman–Crippen LogP) is 3.84. The third-order valence-corrected chi connectivity index (χ3v) is 3.89. The van der Waals surface area contributed by atoms with Crippen molar-refractivity contribution in [3.63, 3.8) is 0 Å². The van der Waals surface area contributed by atoms with E-state index >= 15 is 0 Å². The molecule has 18 heavy (non-hydrogen) atoms. The fourth-order valence-corrected chi connectivity index (χ4v) is 3.03. The molecule has 4 heteroatoms. The fourth-order valence-electron chi connectivity index (χ4n) is 1.94. The predicted molar refractivity (Wildman–Crippen MR) is 74.2 cm³/mol. The van der Waals surface area contributed by atoms with Gasteiger partial charge in [0.25, 0.3) is 0 Å². The summed E-state index contributed by atoms with van der Waals surface area (Å²) in [5.41, 5.74) is 8.50. The van der Waals surface area contributed by atoms with Crippen molar-refractivity contribution >= 4 is 11.3 Å². The molecule has 2 aromatic rings. The summed E-state index contributed by atoms with van der Waals surface area (Å²) in [6.07, 6.45) is 0. The number of rotatable bonds is 3. The van der Waals surface area contributed by atoms with E-state index < -0.39 is 0 Å². The van der Waals surface area contributed by atoms with Gasteiger partial charge in [0.1, 0.15) is 10.8 Å². The Bertz CT molecular complexity index is 541. The zero-order chi connectivity index (χ0) is 13.3. The molecule has 0 bridgehead atoms. The van der Waals surface area contributed by atoms with Crippen LogP contribution in [0.1, 0.15) is 35.9 Å². The zero-order valence-corrected chi connectivity index (χ0v) is 11.6. The summed E-state index contributed by atoms with van der Waals surface area (Å²) in [7, 11) is 0. The normalized spacial score (nSPS) is 11.2. The number of hydrogen-bond donors (Lipinski definition) is 1. The fraction of sp³-hybridized carbons (Fsp3) is 0.357. The van der Waals surface area contributed by atoms with Gasteiger partial charge in [0, 0.05) is 17.0 Å².